The van der Waals surface area contributed by atoms with Crippen LogP contribution < -0.4 is 5.32 Å². The average Bonchev–Trinajstić information content (AvgIpc) is 2.54. The molecule has 80 valence electrons. The Morgan fingerprint density at radius 3 is 2.71 bits per heavy atom. The third kappa shape index (κ3) is 2.92. The Balaban J connectivity index is 2.66. The number of aromatic nitrogens is 2. The molecule has 0 aliphatic rings. The molecule has 1 N–H and O–H groups in total. The van der Waals surface area contributed by atoms with Gasteiger partial charge in [-0.2, -0.15) is 4.37 Å². The second kappa shape index (κ2) is 5.26. The van der Waals surface area contributed by atoms with Crippen LogP contribution in [0.4, 0.5) is 5.13 Å². The molecule has 1 rings (SSSR count). The average molecular weight is 215 g/mol. The van der Waals surface area contributed by atoms with E-state index in [0.717, 1.165) is 17.4 Å². The van der Waals surface area contributed by atoms with Gasteiger partial charge >= 0.3 is 0 Å². The maximum atomic E-state index is 5.26. The predicted octanol–water partition coefficient (Wildman–Crippen LogP) is 2.46. The van der Waals surface area contributed by atoms with Gasteiger partial charge in [-0.05, 0) is 20.3 Å². The lowest BCUT2D eigenvalue weighted by molar-refractivity contribution is 0.0937. The van der Waals surface area contributed by atoms with Crippen molar-refractivity contribution in [3.8, 4) is 0 Å². The molecule has 0 aromatic carbocycles. The van der Waals surface area contributed by atoms with E-state index < -0.39 is 0 Å². The number of rotatable bonds is 5. The lowest BCUT2D eigenvalue weighted by Gasteiger charge is -2.07. The topological polar surface area (TPSA) is 47.0 Å². The second-order valence-electron chi connectivity index (χ2n) is 3.39. The molecule has 1 aromatic rings. The summed E-state index contributed by atoms with van der Waals surface area (Å²) in [5.74, 6) is 0.781. The van der Waals surface area contributed by atoms with Gasteiger partial charge in [0.2, 0.25) is 5.13 Å². The Morgan fingerprint density at radius 2 is 2.21 bits per heavy atom. The highest BCUT2D eigenvalue weighted by Gasteiger charge is 2.14. The van der Waals surface area contributed by atoms with Crippen molar-refractivity contribution in [2.75, 3.05) is 12.4 Å². The third-order valence-corrected chi connectivity index (χ3v) is 2.46. The predicted molar refractivity (Wildman–Crippen MR) is 58.7 cm³/mol. The molecule has 4 nitrogen and oxygen atoms in total. The molecule has 0 aliphatic carbocycles. The van der Waals surface area contributed by atoms with Gasteiger partial charge in [0.15, 0.2) is 5.82 Å². The SMILES string of the molecule is CCC(OC)c1nsc(NC(C)C)n1. The quantitative estimate of drug-likeness (QED) is 0.819. The van der Waals surface area contributed by atoms with E-state index in [9.17, 15) is 0 Å². The molecule has 14 heavy (non-hydrogen) atoms. The second-order valence-corrected chi connectivity index (χ2v) is 4.14. The lowest BCUT2D eigenvalue weighted by Crippen LogP contribution is -2.09. The first-order valence-electron chi connectivity index (χ1n) is 4.80. The molecule has 0 fully saturated rings. The summed E-state index contributed by atoms with van der Waals surface area (Å²) in [6.45, 7) is 6.22. The van der Waals surface area contributed by atoms with E-state index in [1.54, 1.807) is 7.11 Å². The van der Waals surface area contributed by atoms with E-state index in [-0.39, 0.29) is 6.10 Å². The number of hydrogen-bond acceptors (Lipinski definition) is 5. The molecule has 5 heteroatoms. The largest absolute Gasteiger partial charge is 0.373 e. The summed E-state index contributed by atoms with van der Waals surface area (Å²) < 4.78 is 9.51. The van der Waals surface area contributed by atoms with E-state index in [4.69, 9.17) is 4.74 Å². The van der Waals surface area contributed by atoms with Crippen LogP contribution in [-0.4, -0.2) is 22.5 Å². The van der Waals surface area contributed by atoms with Crippen molar-refractivity contribution >= 4 is 16.7 Å². The highest BCUT2D eigenvalue weighted by Crippen LogP contribution is 2.21. The van der Waals surface area contributed by atoms with Crippen molar-refractivity contribution in [1.82, 2.24) is 9.36 Å². The Kier molecular flexibility index (Phi) is 4.28. The van der Waals surface area contributed by atoms with Gasteiger partial charge in [-0.1, -0.05) is 6.92 Å². The Morgan fingerprint density at radius 1 is 1.50 bits per heavy atom. The van der Waals surface area contributed by atoms with Gasteiger partial charge in [0.05, 0.1) is 0 Å². The Bertz CT molecular complexity index is 271. The van der Waals surface area contributed by atoms with Crippen LogP contribution >= 0.6 is 11.5 Å². The smallest absolute Gasteiger partial charge is 0.202 e. The van der Waals surface area contributed by atoms with E-state index in [1.807, 2.05) is 0 Å². The fourth-order valence-electron chi connectivity index (χ4n) is 1.13. The van der Waals surface area contributed by atoms with Gasteiger partial charge in [-0.3, -0.25) is 0 Å². The molecule has 0 bridgehead atoms. The molecular weight excluding hydrogens is 198 g/mol. The van der Waals surface area contributed by atoms with Crippen molar-refractivity contribution in [1.29, 1.82) is 0 Å². The van der Waals surface area contributed by atoms with Crippen LogP contribution in [0, 0.1) is 0 Å². The van der Waals surface area contributed by atoms with Crippen LogP contribution in [0.15, 0.2) is 0 Å². The number of ether oxygens (including phenoxy) is 1. The Hall–Kier alpha value is -0.680. The third-order valence-electron chi connectivity index (χ3n) is 1.80. The van der Waals surface area contributed by atoms with Crippen molar-refractivity contribution in [3.05, 3.63) is 5.82 Å². The molecule has 1 aromatic heterocycles. The summed E-state index contributed by atoms with van der Waals surface area (Å²) in [6.07, 6.45) is 0.919. The highest BCUT2D eigenvalue weighted by molar-refractivity contribution is 7.09. The van der Waals surface area contributed by atoms with Crippen molar-refractivity contribution in [3.63, 3.8) is 0 Å². The Labute approximate surface area is 88.9 Å². The zero-order valence-electron chi connectivity index (χ0n) is 9.07. The van der Waals surface area contributed by atoms with Gasteiger partial charge in [-0.25, -0.2) is 4.98 Å². The van der Waals surface area contributed by atoms with Crippen molar-refractivity contribution in [2.24, 2.45) is 0 Å². The minimum atomic E-state index is 0.0222. The van der Waals surface area contributed by atoms with Crippen LogP contribution in [0.5, 0.6) is 0 Å². The summed E-state index contributed by atoms with van der Waals surface area (Å²) in [5, 5.41) is 4.08. The van der Waals surface area contributed by atoms with Crippen LogP contribution in [0.3, 0.4) is 0 Å². The molecule has 0 spiro atoms. The summed E-state index contributed by atoms with van der Waals surface area (Å²) in [7, 11) is 1.69. The summed E-state index contributed by atoms with van der Waals surface area (Å²) in [6, 6.07) is 0.387. The first-order chi connectivity index (χ1) is 6.67. The normalized spacial score (nSPS) is 13.2. The number of nitrogens with one attached hydrogen (secondary N) is 1. The highest BCUT2D eigenvalue weighted by atomic mass is 32.1. The molecule has 0 saturated carbocycles. The molecule has 0 saturated heterocycles. The maximum absolute atomic E-state index is 5.26. The fourth-order valence-corrected chi connectivity index (χ4v) is 1.89. The van der Waals surface area contributed by atoms with Crippen LogP contribution in [-0.2, 0) is 4.74 Å². The first kappa shape index (κ1) is 11.4. The number of anilines is 1. The van der Waals surface area contributed by atoms with Gasteiger partial charge in [0.1, 0.15) is 6.10 Å². The van der Waals surface area contributed by atoms with Crippen LogP contribution in [0.1, 0.15) is 39.1 Å². The monoisotopic (exact) mass is 215 g/mol. The molecular formula is C9H17N3OS. The van der Waals surface area contributed by atoms with E-state index in [0.29, 0.717) is 6.04 Å². The maximum Gasteiger partial charge on any atom is 0.202 e. The minimum Gasteiger partial charge on any atom is -0.373 e. The first-order valence-corrected chi connectivity index (χ1v) is 5.57. The van der Waals surface area contributed by atoms with Crippen LogP contribution in [0.2, 0.25) is 0 Å². The zero-order valence-corrected chi connectivity index (χ0v) is 9.89. The lowest BCUT2D eigenvalue weighted by atomic mass is 10.3. The fraction of sp³-hybridized carbons (Fsp3) is 0.778. The van der Waals surface area contributed by atoms with Crippen LogP contribution in [0.25, 0.3) is 0 Å². The van der Waals surface area contributed by atoms with Gasteiger partial charge in [-0.15, -0.1) is 0 Å². The van der Waals surface area contributed by atoms with Gasteiger partial charge < -0.3 is 10.1 Å². The van der Waals surface area contributed by atoms with E-state index in [1.165, 1.54) is 11.5 Å². The molecule has 1 heterocycles. The number of methoxy groups -OCH3 is 1. The summed E-state index contributed by atoms with van der Waals surface area (Å²) in [5.41, 5.74) is 0. The molecule has 1 atom stereocenters. The molecule has 0 aliphatic heterocycles. The number of nitrogens with zero attached hydrogens (tertiary/aromatic N) is 2. The summed E-state index contributed by atoms with van der Waals surface area (Å²) in [4.78, 5) is 4.36. The van der Waals surface area contributed by atoms with E-state index in [2.05, 4.69) is 35.4 Å². The van der Waals surface area contributed by atoms with E-state index >= 15 is 0 Å². The molecule has 0 radical (unpaired) electrons. The zero-order chi connectivity index (χ0) is 10.6. The summed E-state index contributed by atoms with van der Waals surface area (Å²) >= 11 is 1.38. The minimum absolute atomic E-state index is 0.0222. The van der Waals surface area contributed by atoms with Crippen molar-refractivity contribution in [2.45, 2.75) is 39.3 Å². The van der Waals surface area contributed by atoms with Gasteiger partial charge in [0, 0.05) is 24.7 Å². The molecule has 1 unspecified atom stereocenters. The molecule has 0 amide bonds. The van der Waals surface area contributed by atoms with Crippen molar-refractivity contribution < 1.29 is 4.74 Å². The standard InChI is InChI=1S/C9H17N3OS/c1-5-7(13-4)8-11-9(14-12-8)10-6(2)3/h6-7H,5H2,1-4H3,(H,10,11,12). The number of hydrogen-bond donors (Lipinski definition) is 1. The van der Waals surface area contributed by atoms with Gasteiger partial charge in [0.25, 0.3) is 0 Å².